The fraction of sp³-hybridized carbons (Fsp3) is 0.375. The van der Waals surface area contributed by atoms with E-state index in [9.17, 15) is 19.2 Å². The normalized spacial score (nSPS) is 13.8. The van der Waals surface area contributed by atoms with Crippen LogP contribution >= 0.6 is 11.6 Å². The van der Waals surface area contributed by atoms with Crippen LogP contribution in [-0.2, 0) is 9.59 Å². The van der Waals surface area contributed by atoms with Crippen LogP contribution < -0.4 is 15.6 Å². The van der Waals surface area contributed by atoms with Crippen LogP contribution in [0.5, 0.6) is 5.75 Å². The van der Waals surface area contributed by atoms with Gasteiger partial charge in [0.1, 0.15) is 12.3 Å². The molecule has 1 aliphatic rings. The molecule has 9 nitrogen and oxygen atoms in total. The predicted molar refractivity (Wildman–Crippen MR) is 92.6 cm³/mol. The highest BCUT2D eigenvalue weighted by atomic mass is 35.5. The Morgan fingerprint density at radius 1 is 1.27 bits per heavy atom. The van der Waals surface area contributed by atoms with Crippen molar-refractivity contribution in [2.45, 2.75) is 12.8 Å². The summed E-state index contributed by atoms with van der Waals surface area (Å²) in [7, 11) is 2.95. The predicted octanol–water partition coefficient (Wildman–Crippen LogP) is 0.784. The van der Waals surface area contributed by atoms with E-state index in [1.807, 2.05) is 0 Å². The third kappa shape index (κ3) is 4.63. The number of ether oxygens (including phenoxy) is 1. The van der Waals surface area contributed by atoms with Gasteiger partial charge < -0.3 is 9.64 Å². The third-order valence-corrected chi connectivity index (χ3v) is 3.97. The molecule has 0 spiro atoms. The highest BCUT2D eigenvalue weighted by Gasteiger charge is 2.32. The molecule has 1 aromatic carbocycles. The van der Waals surface area contributed by atoms with Gasteiger partial charge in [0.15, 0.2) is 0 Å². The van der Waals surface area contributed by atoms with Crippen molar-refractivity contribution in [1.82, 2.24) is 20.7 Å². The van der Waals surface area contributed by atoms with Gasteiger partial charge in [0.25, 0.3) is 5.91 Å². The topological polar surface area (TPSA) is 108 Å². The van der Waals surface area contributed by atoms with Crippen LogP contribution in [0.15, 0.2) is 18.2 Å². The minimum absolute atomic E-state index is 0.0355. The maximum atomic E-state index is 12.1. The highest BCUT2D eigenvalue weighted by molar-refractivity contribution is 6.31. The Hall–Kier alpha value is -2.81. The van der Waals surface area contributed by atoms with Gasteiger partial charge in [0.05, 0.1) is 12.7 Å². The van der Waals surface area contributed by atoms with Gasteiger partial charge in [-0.15, -0.1) is 0 Å². The van der Waals surface area contributed by atoms with Crippen molar-refractivity contribution >= 4 is 35.4 Å². The summed E-state index contributed by atoms with van der Waals surface area (Å²) in [6.45, 7) is 0.189. The summed E-state index contributed by atoms with van der Waals surface area (Å²) < 4.78 is 5.07. The minimum Gasteiger partial charge on any atom is -0.496 e. The number of hydrogen-bond acceptors (Lipinski definition) is 5. The Morgan fingerprint density at radius 3 is 2.62 bits per heavy atom. The number of hydrazine groups is 1. The second kappa shape index (κ2) is 8.52. The number of nitrogens with one attached hydrogen (secondary N) is 2. The zero-order valence-corrected chi connectivity index (χ0v) is 15.1. The van der Waals surface area contributed by atoms with Gasteiger partial charge in [0, 0.05) is 25.0 Å². The Bertz CT molecular complexity index is 739. The molecule has 2 rings (SSSR count). The standard InChI is InChI=1S/C16H19ClN4O5/c1-20-9-14(23)21(16(20)25)7-3-4-13(22)18-19-15(24)11-8-10(17)5-6-12(11)26-2/h5-6,8H,3-4,7,9H2,1-2H3,(H,18,22)(H,19,24). The minimum atomic E-state index is -0.579. The second-order valence-electron chi connectivity index (χ2n) is 5.63. The van der Waals surface area contributed by atoms with E-state index in [0.717, 1.165) is 4.90 Å². The van der Waals surface area contributed by atoms with Gasteiger partial charge in [-0.25, -0.2) is 4.79 Å². The summed E-state index contributed by atoms with van der Waals surface area (Å²) in [6, 6.07) is 4.16. The van der Waals surface area contributed by atoms with E-state index >= 15 is 0 Å². The van der Waals surface area contributed by atoms with E-state index < -0.39 is 11.8 Å². The van der Waals surface area contributed by atoms with Gasteiger partial charge >= 0.3 is 6.03 Å². The number of methoxy groups -OCH3 is 1. The quantitative estimate of drug-likeness (QED) is 0.558. The summed E-state index contributed by atoms with van der Waals surface area (Å²) in [4.78, 5) is 49.7. The van der Waals surface area contributed by atoms with Crippen LogP contribution in [0, 0.1) is 0 Å². The Balaban J connectivity index is 1.78. The maximum absolute atomic E-state index is 12.1. The molecule has 0 unspecified atom stereocenters. The van der Waals surface area contributed by atoms with Gasteiger partial charge in [-0.1, -0.05) is 11.6 Å². The summed E-state index contributed by atoms with van der Waals surface area (Å²) >= 11 is 5.86. The van der Waals surface area contributed by atoms with E-state index in [1.54, 1.807) is 12.1 Å². The number of carbonyl (C=O) groups excluding carboxylic acids is 4. The average molecular weight is 383 g/mol. The van der Waals surface area contributed by atoms with Gasteiger partial charge in [-0.3, -0.25) is 30.1 Å². The molecule has 0 aliphatic carbocycles. The van der Waals surface area contributed by atoms with Gasteiger partial charge in [-0.2, -0.15) is 0 Å². The lowest BCUT2D eigenvalue weighted by atomic mass is 10.2. The molecule has 0 aromatic heterocycles. The lowest BCUT2D eigenvalue weighted by Crippen LogP contribution is -2.42. The number of halogens is 1. The SMILES string of the molecule is COc1ccc(Cl)cc1C(=O)NNC(=O)CCCN1C(=O)CN(C)C1=O. The molecule has 26 heavy (non-hydrogen) atoms. The molecule has 0 bridgehead atoms. The monoisotopic (exact) mass is 382 g/mol. The number of rotatable bonds is 6. The van der Waals surface area contributed by atoms with E-state index in [0.29, 0.717) is 10.8 Å². The fourth-order valence-electron chi connectivity index (χ4n) is 2.40. The molecule has 1 aromatic rings. The van der Waals surface area contributed by atoms with Crippen LogP contribution in [0.3, 0.4) is 0 Å². The molecule has 0 saturated carbocycles. The molecule has 1 aliphatic heterocycles. The van der Waals surface area contributed by atoms with E-state index in [1.165, 1.54) is 25.1 Å². The summed E-state index contributed by atoms with van der Waals surface area (Å²) in [5.41, 5.74) is 4.72. The molecule has 0 atom stereocenters. The molecule has 140 valence electrons. The van der Waals surface area contributed by atoms with E-state index in [-0.39, 0.29) is 43.4 Å². The van der Waals surface area contributed by atoms with Crippen molar-refractivity contribution in [3.05, 3.63) is 28.8 Å². The number of urea groups is 1. The lowest BCUT2D eigenvalue weighted by molar-refractivity contribution is -0.126. The van der Waals surface area contributed by atoms with Crippen LogP contribution in [0.4, 0.5) is 4.79 Å². The Morgan fingerprint density at radius 2 is 2.00 bits per heavy atom. The zero-order valence-electron chi connectivity index (χ0n) is 14.4. The van der Waals surface area contributed by atoms with Crippen LogP contribution in [0.25, 0.3) is 0 Å². The van der Waals surface area contributed by atoms with E-state index in [2.05, 4.69) is 10.9 Å². The first-order chi connectivity index (χ1) is 12.3. The number of nitrogens with zero attached hydrogens (tertiary/aromatic N) is 2. The molecular formula is C16H19ClN4O5. The maximum Gasteiger partial charge on any atom is 0.326 e. The smallest absolute Gasteiger partial charge is 0.326 e. The number of hydrogen-bond donors (Lipinski definition) is 2. The zero-order chi connectivity index (χ0) is 19.3. The lowest BCUT2D eigenvalue weighted by Gasteiger charge is -2.14. The Kier molecular flexibility index (Phi) is 6.40. The van der Waals surface area contributed by atoms with Gasteiger partial charge in [-0.05, 0) is 24.6 Å². The molecule has 2 N–H and O–H groups in total. The number of likely N-dealkylation sites (N-methyl/N-ethyl adjacent to an activating group) is 1. The van der Waals surface area contributed by atoms with Crippen molar-refractivity contribution in [1.29, 1.82) is 0 Å². The van der Waals surface area contributed by atoms with Crippen LogP contribution in [-0.4, -0.2) is 60.8 Å². The molecule has 10 heteroatoms. The number of carbonyl (C=O) groups is 4. The molecule has 1 saturated heterocycles. The highest BCUT2D eigenvalue weighted by Crippen LogP contribution is 2.22. The first-order valence-electron chi connectivity index (χ1n) is 7.81. The molecular weight excluding hydrogens is 364 g/mol. The number of imide groups is 1. The summed E-state index contributed by atoms with van der Waals surface area (Å²) in [5, 5.41) is 0.354. The average Bonchev–Trinajstić information content (AvgIpc) is 2.85. The fourth-order valence-corrected chi connectivity index (χ4v) is 2.57. The van der Waals surface area contributed by atoms with Crippen molar-refractivity contribution in [3.63, 3.8) is 0 Å². The largest absolute Gasteiger partial charge is 0.496 e. The third-order valence-electron chi connectivity index (χ3n) is 3.74. The first-order valence-corrected chi connectivity index (χ1v) is 8.19. The molecule has 1 heterocycles. The Labute approximate surface area is 155 Å². The van der Waals surface area contributed by atoms with E-state index in [4.69, 9.17) is 16.3 Å². The first kappa shape index (κ1) is 19.5. The molecule has 5 amide bonds. The van der Waals surface area contributed by atoms with Crippen LogP contribution in [0.2, 0.25) is 5.02 Å². The molecule has 0 radical (unpaired) electrons. The van der Waals surface area contributed by atoms with Crippen molar-refractivity contribution in [2.24, 2.45) is 0 Å². The summed E-state index contributed by atoms with van der Waals surface area (Å²) in [5.74, 6) is -1.01. The van der Waals surface area contributed by atoms with Crippen LogP contribution in [0.1, 0.15) is 23.2 Å². The van der Waals surface area contributed by atoms with Gasteiger partial charge in [0.2, 0.25) is 11.8 Å². The van der Waals surface area contributed by atoms with Crippen molar-refractivity contribution < 1.29 is 23.9 Å². The molecule has 1 fully saturated rings. The van der Waals surface area contributed by atoms with Crippen molar-refractivity contribution in [3.8, 4) is 5.75 Å². The van der Waals surface area contributed by atoms with Crippen molar-refractivity contribution in [2.75, 3.05) is 27.2 Å². The second-order valence-corrected chi connectivity index (χ2v) is 6.07. The number of benzene rings is 1. The summed E-state index contributed by atoms with van der Waals surface area (Å²) in [6.07, 6.45) is 0.321. The number of amides is 5.